The zero-order valence-electron chi connectivity index (χ0n) is 49.3. The maximum atomic E-state index is 14.6. The normalized spacial score (nSPS) is 16.5. The van der Waals surface area contributed by atoms with Crippen molar-refractivity contribution in [1.82, 2.24) is 0 Å². The van der Waals surface area contributed by atoms with E-state index in [0.29, 0.717) is 75.4 Å². The largest absolute Gasteiger partial charge is 0.494 e. The Kier molecular flexibility index (Phi) is 23.3. The number of terminal acetylenes is 2. The van der Waals surface area contributed by atoms with E-state index in [1.165, 1.54) is 46.0 Å². The van der Waals surface area contributed by atoms with Crippen molar-refractivity contribution >= 4 is 66.7 Å². The second-order valence-corrected chi connectivity index (χ2v) is 24.7. The van der Waals surface area contributed by atoms with E-state index >= 15 is 0 Å². The fraction of sp³-hybridized carbons (Fsp3) is 0.378. The molecule has 0 atom stereocenters. The highest BCUT2D eigenvalue weighted by Gasteiger charge is 2.34. The van der Waals surface area contributed by atoms with Crippen LogP contribution < -0.4 is 18.9 Å². The smallest absolute Gasteiger partial charge is 0.330 e. The van der Waals surface area contributed by atoms with Gasteiger partial charge in [0.2, 0.25) is 0 Å². The number of ether oxygens (including phenoxy) is 6. The molecule has 0 spiro atoms. The Bertz CT molecular complexity index is 3200. The maximum absolute atomic E-state index is 14.6. The summed E-state index contributed by atoms with van der Waals surface area (Å²) < 4.78 is 37.2. The van der Waals surface area contributed by atoms with E-state index in [1.807, 2.05) is 48.5 Å². The van der Waals surface area contributed by atoms with Gasteiger partial charge in [-0.15, -0.1) is 35.5 Å². The second-order valence-electron chi connectivity index (χ2n) is 22.6. The average Bonchev–Trinajstić information content (AvgIpc) is 1.65. The summed E-state index contributed by atoms with van der Waals surface area (Å²) >= 11 is 3.03. The molecular formula is C74H78O10S2. The van der Waals surface area contributed by atoms with E-state index in [1.54, 1.807) is 0 Å². The van der Waals surface area contributed by atoms with Crippen LogP contribution >= 0.6 is 22.7 Å². The number of unbranched alkanes of at least 4 members (excludes halogenated alkanes) is 10. The number of esters is 4. The summed E-state index contributed by atoms with van der Waals surface area (Å²) in [6.07, 6.45) is 32.5. The van der Waals surface area contributed by atoms with Crippen molar-refractivity contribution in [3.63, 3.8) is 0 Å². The van der Waals surface area contributed by atoms with Gasteiger partial charge in [0.1, 0.15) is 11.5 Å². The third-order valence-electron chi connectivity index (χ3n) is 16.7. The van der Waals surface area contributed by atoms with Crippen LogP contribution in [-0.4, -0.2) is 50.3 Å². The predicted octanol–water partition coefficient (Wildman–Crippen LogP) is 18.1. The van der Waals surface area contributed by atoms with Crippen molar-refractivity contribution in [3.8, 4) is 68.6 Å². The molecule has 0 N–H and O–H groups in total. The molecule has 0 unspecified atom stereocenters. The van der Waals surface area contributed by atoms with Crippen molar-refractivity contribution < 1.29 is 47.6 Å². The molecule has 446 valence electrons. The molecule has 7 aromatic rings. The quantitative estimate of drug-likeness (QED) is 0.0141. The van der Waals surface area contributed by atoms with Gasteiger partial charge in [0, 0.05) is 43.8 Å². The summed E-state index contributed by atoms with van der Waals surface area (Å²) in [4.78, 5) is 53.5. The zero-order valence-corrected chi connectivity index (χ0v) is 50.9. The molecule has 2 saturated carbocycles. The first-order valence-electron chi connectivity index (χ1n) is 30.8. The van der Waals surface area contributed by atoms with Crippen molar-refractivity contribution in [2.24, 2.45) is 11.8 Å². The zero-order chi connectivity index (χ0) is 60.0. The van der Waals surface area contributed by atoms with Gasteiger partial charge in [-0.05, 0) is 172 Å². The Morgan fingerprint density at radius 3 is 1.13 bits per heavy atom. The van der Waals surface area contributed by atoms with Gasteiger partial charge in [0.15, 0.2) is 11.5 Å². The number of benzene rings is 5. The number of hydrogen-bond donors (Lipinski definition) is 0. The van der Waals surface area contributed by atoms with E-state index < -0.39 is 0 Å². The number of thiophene rings is 2. The highest BCUT2D eigenvalue weighted by atomic mass is 32.1. The molecule has 12 heteroatoms. The third-order valence-corrected chi connectivity index (χ3v) is 19.1. The van der Waals surface area contributed by atoms with Gasteiger partial charge in [-0.3, -0.25) is 9.59 Å². The maximum Gasteiger partial charge on any atom is 0.330 e. The van der Waals surface area contributed by atoms with Crippen LogP contribution in [0, 0.1) is 36.5 Å². The summed E-state index contributed by atoms with van der Waals surface area (Å²) in [6, 6.07) is 36.7. The fourth-order valence-electron chi connectivity index (χ4n) is 11.7. The topological polar surface area (TPSA) is 124 Å². The average molecular weight is 1190 g/mol. The summed E-state index contributed by atoms with van der Waals surface area (Å²) in [6.45, 7) is 9.06. The number of hydrogen-bond acceptors (Lipinski definition) is 12. The van der Waals surface area contributed by atoms with Gasteiger partial charge in [-0.25, -0.2) is 9.59 Å². The Labute approximate surface area is 515 Å². The van der Waals surface area contributed by atoms with Crippen LogP contribution in [-0.2, 0) is 28.7 Å². The molecule has 0 aliphatic heterocycles. The molecule has 2 fully saturated rings. The van der Waals surface area contributed by atoms with E-state index in [-0.39, 0.29) is 35.7 Å². The Hall–Kier alpha value is -7.90. The Morgan fingerprint density at radius 1 is 0.453 bits per heavy atom. The van der Waals surface area contributed by atoms with Gasteiger partial charge in [-0.1, -0.05) is 125 Å². The highest BCUT2D eigenvalue weighted by Crippen LogP contribution is 2.53. The lowest BCUT2D eigenvalue weighted by molar-refractivity contribution is -0.140. The van der Waals surface area contributed by atoms with Crippen LogP contribution in [0.4, 0.5) is 0 Å². The standard InChI is InChI=1S/C74H78O10S2/c1-5-51-21-25-57(26-22-51)65-49-63-69(83-73(77)59-33-29-53(30-34-59)55-37-41-61(42-38-55)79-45-17-13-9-11-15-19-47-81-67(75)7-3)72-64(50-66(86-72)58-27-23-52(6-2)24-28-58)70(71(63)85-65)84-74(78)60-35-31-54(32-36-60)56-39-43-62(44-40-56)80-46-18-14-10-12-16-20-48-82-68(76)8-4/h1-2,7-8,21-28,37-44,49-50,53-54,59-60H,3-4,9-20,29-36,45-48H2. The molecule has 9 rings (SSSR count). The minimum atomic E-state index is -0.367. The molecule has 86 heavy (non-hydrogen) atoms. The van der Waals surface area contributed by atoms with E-state index in [0.717, 1.165) is 166 Å². The SMILES string of the molecule is C#Cc1ccc(-c2cc3c(OC(=O)C4CCC(c5ccc(OCCCCCCCCOC(=O)C=C)cc5)CC4)c4sc(-c5ccc(C#C)cc5)cc4c(OC(=O)C4CCC(c5ccc(OCCCCCCCCOC(=O)C=C)cc5)CC4)c3s2)cc1. The molecule has 0 saturated heterocycles. The summed E-state index contributed by atoms with van der Waals surface area (Å²) in [5.41, 5.74) is 5.93. The predicted molar refractivity (Wildman–Crippen MR) is 346 cm³/mol. The van der Waals surface area contributed by atoms with Gasteiger partial charge in [0.25, 0.3) is 0 Å². The van der Waals surface area contributed by atoms with Crippen LogP contribution in [0.15, 0.2) is 135 Å². The van der Waals surface area contributed by atoms with Crippen molar-refractivity contribution in [3.05, 3.63) is 157 Å². The van der Waals surface area contributed by atoms with Crippen LogP contribution in [0.25, 0.3) is 41.1 Å². The van der Waals surface area contributed by atoms with Crippen LogP contribution in [0.5, 0.6) is 23.0 Å². The first-order valence-corrected chi connectivity index (χ1v) is 32.4. The Balaban J connectivity index is 0.850. The first kappa shape index (κ1) is 62.6. The van der Waals surface area contributed by atoms with E-state index in [2.05, 4.69) is 85.7 Å². The second kappa shape index (κ2) is 32.0. The lowest BCUT2D eigenvalue weighted by Gasteiger charge is -2.28. The summed E-state index contributed by atoms with van der Waals surface area (Å²) in [7, 11) is 0. The van der Waals surface area contributed by atoms with Gasteiger partial charge >= 0.3 is 23.9 Å². The first-order chi connectivity index (χ1) is 42.1. The van der Waals surface area contributed by atoms with Crippen molar-refractivity contribution in [2.75, 3.05) is 26.4 Å². The number of carbonyl (C=O) groups is 4. The summed E-state index contributed by atoms with van der Waals surface area (Å²) in [5.74, 6) is 6.93. The van der Waals surface area contributed by atoms with Gasteiger partial charge in [0.05, 0.1) is 47.7 Å². The van der Waals surface area contributed by atoms with Crippen molar-refractivity contribution in [1.29, 1.82) is 0 Å². The van der Waals surface area contributed by atoms with Crippen LogP contribution in [0.3, 0.4) is 0 Å². The minimum absolute atomic E-state index is 0.256. The lowest BCUT2D eigenvalue weighted by atomic mass is 9.79. The third kappa shape index (κ3) is 17.2. The molecule has 0 amide bonds. The molecular weight excluding hydrogens is 1110 g/mol. The molecule has 2 aromatic heterocycles. The molecule has 0 bridgehead atoms. The monoisotopic (exact) mass is 1190 g/mol. The minimum Gasteiger partial charge on any atom is -0.494 e. The number of fused-ring (bicyclic) bond motifs is 2. The molecule has 5 aromatic carbocycles. The van der Waals surface area contributed by atoms with E-state index in [9.17, 15) is 19.2 Å². The van der Waals surface area contributed by atoms with Crippen LogP contribution in [0.1, 0.15) is 163 Å². The number of carbonyl (C=O) groups excluding carboxylic acids is 4. The van der Waals surface area contributed by atoms with Crippen LogP contribution in [0.2, 0.25) is 0 Å². The number of rotatable bonds is 30. The molecule has 0 radical (unpaired) electrons. The summed E-state index contributed by atoms with van der Waals surface area (Å²) in [5, 5.41) is 1.44. The fourth-order valence-corrected chi connectivity index (χ4v) is 14.0. The molecule has 2 heterocycles. The van der Waals surface area contributed by atoms with Gasteiger partial charge < -0.3 is 28.4 Å². The molecule has 2 aliphatic carbocycles. The highest BCUT2D eigenvalue weighted by molar-refractivity contribution is 7.24. The lowest BCUT2D eigenvalue weighted by Crippen LogP contribution is -2.25. The van der Waals surface area contributed by atoms with E-state index in [4.69, 9.17) is 41.3 Å². The van der Waals surface area contributed by atoms with Gasteiger partial charge in [-0.2, -0.15) is 0 Å². The van der Waals surface area contributed by atoms with Crippen molar-refractivity contribution in [2.45, 2.75) is 140 Å². The molecule has 10 nitrogen and oxygen atoms in total. The molecule has 2 aliphatic rings. The Morgan fingerprint density at radius 2 is 0.791 bits per heavy atom.